The highest BCUT2D eigenvalue weighted by atomic mass is 16.3. The molecule has 5 rings (SSSR count). The molecule has 26 heavy (non-hydrogen) atoms. The van der Waals surface area contributed by atoms with Gasteiger partial charge >= 0.3 is 0 Å². The van der Waals surface area contributed by atoms with E-state index in [1.807, 2.05) is 18.2 Å². The number of hydrogen-bond donors (Lipinski definition) is 2. The molecule has 1 saturated heterocycles. The molecule has 3 N–H and O–H groups in total. The van der Waals surface area contributed by atoms with Gasteiger partial charge in [-0.25, -0.2) is 0 Å². The SMILES string of the molecule is N[C@@H]1c2cc3ccccc3n2[C@H]2CCC[C@@H]1N2[C@@H](CO)c1ccccc1. The Hall–Kier alpha value is -2.14. The van der Waals surface area contributed by atoms with Crippen molar-refractivity contribution >= 4 is 10.9 Å². The lowest BCUT2D eigenvalue weighted by atomic mass is 9.86. The predicted molar refractivity (Wildman–Crippen MR) is 104 cm³/mol. The van der Waals surface area contributed by atoms with E-state index < -0.39 is 0 Å². The van der Waals surface area contributed by atoms with Crippen LogP contribution in [-0.4, -0.2) is 27.2 Å². The molecule has 4 nitrogen and oxygen atoms in total. The van der Waals surface area contributed by atoms with E-state index in [0.717, 1.165) is 12.8 Å². The Morgan fingerprint density at radius 2 is 1.81 bits per heavy atom. The van der Waals surface area contributed by atoms with Crippen molar-refractivity contribution in [3.05, 3.63) is 71.9 Å². The molecule has 0 saturated carbocycles. The largest absolute Gasteiger partial charge is 0.394 e. The number of fused-ring (bicyclic) bond motifs is 6. The number of para-hydroxylation sites is 1. The molecule has 0 radical (unpaired) electrons. The number of nitrogens with zero attached hydrogens (tertiary/aromatic N) is 2. The molecule has 4 atom stereocenters. The van der Waals surface area contributed by atoms with Crippen molar-refractivity contribution in [2.45, 2.75) is 43.6 Å². The van der Waals surface area contributed by atoms with Crippen LogP contribution >= 0.6 is 0 Å². The summed E-state index contributed by atoms with van der Waals surface area (Å²) in [5.41, 5.74) is 10.4. The van der Waals surface area contributed by atoms with Crippen molar-refractivity contribution in [3.63, 3.8) is 0 Å². The fraction of sp³-hybridized carbons (Fsp3) is 0.364. The summed E-state index contributed by atoms with van der Waals surface area (Å²) in [7, 11) is 0. The van der Waals surface area contributed by atoms with E-state index in [0.29, 0.717) is 0 Å². The third-order valence-electron chi connectivity index (χ3n) is 6.24. The summed E-state index contributed by atoms with van der Waals surface area (Å²) in [6.45, 7) is 0.109. The monoisotopic (exact) mass is 347 g/mol. The van der Waals surface area contributed by atoms with Gasteiger partial charge in [0.05, 0.1) is 24.9 Å². The minimum absolute atomic E-state index is 0.0214. The maximum absolute atomic E-state index is 10.3. The highest BCUT2D eigenvalue weighted by molar-refractivity contribution is 5.82. The Balaban J connectivity index is 1.68. The highest BCUT2D eigenvalue weighted by Gasteiger charge is 2.45. The van der Waals surface area contributed by atoms with Crippen molar-refractivity contribution in [1.29, 1.82) is 0 Å². The van der Waals surface area contributed by atoms with Gasteiger partial charge in [0.2, 0.25) is 0 Å². The molecule has 2 bridgehead atoms. The van der Waals surface area contributed by atoms with Crippen LogP contribution in [0.5, 0.6) is 0 Å². The summed E-state index contributed by atoms with van der Waals surface area (Å²) in [4.78, 5) is 2.49. The number of aromatic nitrogens is 1. The van der Waals surface area contributed by atoms with E-state index >= 15 is 0 Å². The minimum Gasteiger partial charge on any atom is -0.394 e. The van der Waals surface area contributed by atoms with Crippen molar-refractivity contribution in [2.24, 2.45) is 5.73 Å². The van der Waals surface area contributed by atoms with Gasteiger partial charge in [-0.3, -0.25) is 4.90 Å². The summed E-state index contributed by atoms with van der Waals surface area (Å²) in [5, 5.41) is 11.5. The van der Waals surface area contributed by atoms with Crippen LogP contribution in [0.2, 0.25) is 0 Å². The zero-order valence-corrected chi connectivity index (χ0v) is 14.8. The Labute approximate surface area is 153 Å². The first-order valence-electron chi connectivity index (χ1n) is 9.58. The molecule has 0 amide bonds. The van der Waals surface area contributed by atoms with E-state index in [9.17, 15) is 5.11 Å². The summed E-state index contributed by atoms with van der Waals surface area (Å²) in [5.74, 6) is 0. The lowest BCUT2D eigenvalue weighted by molar-refractivity contribution is -0.0484. The maximum atomic E-state index is 10.3. The lowest BCUT2D eigenvalue weighted by Gasteiger charge is -2.53. The number of nitrogens with two attached hydrogens (primary N) is 1. The van der Waals surface area contributed by atoms with Crippen molar-refractivity contribution in [2.75, 3.05) is 6.61 Å². The van der Waals surface area contributed by atoms with Crippen molar-refractivity contribution < 1.29 is 5.11 Å². The third-order valence-corrected chi connectivity index (χ3v) is 6.24. The highest BCUT2D eigenvalue weighted by Crippen LogP contribution is 2.47. The first-order chi connectivity index (χ1) is 12.8. The average molecular weight is 347 g/mol. The Morgan fingerprint density at radius 3 is 2.62 bits per heavy atom. The molecule has 2 aliphatic heterocycles. The third kappa shape index (κ3) is 2.26. The van der Waals surface area contributed by atoms with Crippen LogP contribution in [0.15, 0.2) is 60.7 Å². The molecule has 0 spiro atoms. The van der Waals surface area contributed by atoms with E-state index in [4.69, 9.17) is 5.73 Å². The van der Waals surface area contributed by atoms with Gasteiger partial charge < -0.3 is 15.4 Å². The maximum Gasteiger partial charge on any atom is 0.0876 e. The molecule has 0 aliphatic carbocycles. The van der Waals surface area contributed by atoms with Crippen molar-refractivity contribution in [1.82, 2.24) is 9.47 Å². The Bertz CT molecular complexity index is 920. The average Bonchev–Trinajstić information content (AvgIpc) is 3.08. The van der Waals surface area contributed by atoms with Crippen LogP contribution in [-0.2, 0) is 0 Å². The molecule has 2 aromatic carbocycles. The van der Waals surface area contributed by atoms with E-state index in [-0.39, 0.29) is 30.9 Å². The molecule has 1 fully saturated rings. The normalized spacial score (nSPS) is 26.6. The zero-order valence-electron chi connectivity index (χ0n) is 14.8. The van der Waals surface area contributed by atoms with E-state index in [1.54, 1.807) is 0 Å². The second-order valence-electron chi connectivity index (χ2n) is 7.56. The van der Waals surface area contributed by atoms with Gasteiger partial charge in [-0.15, -0.1) is 0 Å². The first kappa shape index (κ1) is 16.1. The van der Waals surface area contributed by atoms with Gasteiger partial charge in [0.25, 0.3) is 0 Å². The number of hydrogen-bond acceptors (Lipinski definition) is 3. The quantitative estimate of drug-likeness (QED) is 0.759. The van der Waals surface area contributed by atoms with Gasteiger partial charge in [-0.1, -0.05) is 48.5 Å². The molecule has 2 aliphatic rings. The molecule has 3 aromatic rings. The Morgan fingerprint density at radius 1 is 1.04 bits per heavy atom. The number of aliphatic hydroxyl groups excluding tert-OH is 1. The van der Waals surface area contributed by atoms with Gasteiger partial charge in [0.1, 0.15) is 0 Å². The first-order valence-corrected chi connectivity index (χ1v) is 9.58. The van der Waals surface area contributed by atoms with Gasteiger partial charge in [0.15, 0.2) is 0 Å². The summed E-state index contributed by atoms with van der Waals surface area (Å²) < 4.78 is 2.43. The molecule has 4 heteroatoms. The summed E-state index contributed by atoms with van der Waals surface area (Å²) >= 11 is 0. The molecular formula is C22H25N3O. The van der Waals surface area contributed by atoms with Gasteiger partial charge in [0, 0.05) is 17.3 Å². The number of rotatable bonds is 3. The predicted octanol–water partition coefficient (Wildman–Crippen LogP) is 3.74. The van der Waals surface area contributed by atoms with Gasteiger partial charge in [-0.05, 0) is 42.3 Å². The molecule has 3 heterocycles. The van der Waals surface area contributed by atoms with Crippen LogP contribution in [0.25, 0.3) is 10.9 Å². The van der Waals surface area contributed by atoms with Crippen LogP contribution in [0.3, 0.4) is 0 Å². The fourth-order valence-electron chi connectivity index (χ4n) is 5.13. The standard InChI is InChI=1S/C22H25N3O/c23-22-18-11-6-12-21(24-17-10-5-4-9-16(17)13-19(22)24)25(18)20(14-26)15-7-2-1-3-8-15/h1-5,7-10,13,18,20-22,26H,6,11-12,14,23H2/t18-,20-,21+,22-/m0/s1. The van der Waals surface area contributed by atoms with Crippen LogP contribution in [0.1, 0.15) is 48.8 Å². The van der Waals surface area contributed by atoms with E-state index in [2.05, 4.69) is 51.9 Å². The number of piperidine rings is 1. The fourth-order valence-corrected chi connectivity index (χ4v) is 5.13. The minimum atomic E-state index is -0.0308. The Kier molecular flexibility index (Phi) is 3.85. The molecule has 0 unspecified atom stereocenters. The number of aliphatic hydroxyl groups is 1. The molecule has 134 valence electrons. The second kappa shape index (κ2) is 6.23. The summed E-state index contributed by atoms with van der Waals surface area (Å²) in [6, 6.07) is 21.4. The second-order valence-corrected chi connectivity index (χ2v) is 7.56. The van der Waals surface area contributed by atoms with Crippen LogP contribution in [0.4, 0.5) is 0 Å². The number of benzene rings is 2. The molecular weight excluding hydrogens is 322 g/mol. The zero-order chi connectivity index (χ0) is 17.7. The van der Waals surface area contributed by atoms with Crippen LogP contribution < -0.4 is 5.73 Å². The van der Waals surface area contributed by atoms with Gasteiger partial charge in [-0.2, -0.15) is 0 Å². The van der Waals surface area contributed by atoms with E-state index in [1.165, 1.54) is 28.6 Å². The lowest BCUT2D eigenvalue weighted by Crippen LogP contribution is -2.55. The topological polar surface area (TPSA) is 54.4 Å². The van der Waals surface area contributed by atoms with Crippen LogP contribution in [0, 0.1) is 0 Å². The van der Waals surface area contributed by atoms with Crippen molar-refractivity contribution in [3.8, 4) is 0 Å². The molecule has 1 aromatic heterocycles. The smallest absolute Gasteiger partial charge is 0.0876 e. The summed E-state index contributed by atoms with van der Waals surface area (Å²) in [6.07, 6.45) is 3.61.